The number of urea groups is 1. The third kappa shape index (κ3) is 3.15. The number of carbonyl (C=O) groups excluding carboxylic acids is 3. The molecule has 1 aromatic carbocycles. The molecular formula is C21H28N2O3. The van der Waals surface area contributed by atoms with Crippen LogP contribution in [-0.4, -0.2) is 34.7 Å². The van der Waals surface area contributed by atoms with Crippen molar-refractivity contribution in [3.8, 4) is 0 Å². The van der Waals surface area contributed by atoms with Crippen LogP contribution < -0.4 is 5.32 Å². The Morgan fingerprint density at radius 1 is 1.19 bits per heavy atom. The molecule has 1 spiro atoms. The number of nitrogens with one attached hydrogen (secondary N) is 1. The van der Waals surface area contributed by atoms with Gasteiger partial charge in [0.2, 0.25) is 0 Å². The van der Waals surface area contributed by atoms with Crippen LogP contribution in [0.5, 0.6) is 0 Å². The molecule has 3 amide bonds. The van der Waals surface area contributed by atoms with E-state index in [1.54, 1.807) is 12.1 Å². The lowest BCUT2D eigenvalue weighted by Gasteiger charge is -2.36. The average Bonchev–Trinajstić information content (AvgIpc) is 2.82. The van der Waals surface area contributed by atoms with Gasteiger partial charge in [-0.1, -0.05) is 64.8 Å². The Balaban J connectivity index is 1.75. The third-order valence-corrected chi connectivity index (χ3v) is 5.88. The van der Waals surface area contributed by atoms with Crippen molar-refractivity contribution in [3.05, 3.63) is 35.4 Å². The Kier molecular flexibility index (Phi) is 4.67. The zero-order valence-electron chi connectivity index (χ0n) is 16.1. The Morgan fingerprint density at radius 2 is 1.85 bits per heavy atom. The number of nitrogens with zero attached hydrogens (tertiary/aromatic N) is 1. The second kappa shape index (κ2) is 6.53. The van der Waals surface area contributed by atoms with Gasteiger partial charge in [-0.3, -0.25) is 14.5 Å². The molecule has 2 atom stereocenters. The predicted octanol–water partition coefficient (Wildman–Crippen LogP) is 3.67. The lowest BCUT2D eigenvalue weighted by molar-refractivity contribution is -0.133. The number of amides is 3. The van der Waals surface area contributed by atoms with E-state index in [0.29, 0.717) is 12.0 Å². The molecule has 2 unspecified atom stereocenters. The minimum absolute atomic E-state index is 0.00981. The van der Waals surface area contributed by atoms with Crippen LogP contribution in [0, 0.1) is 5.92 Å². The van der Waals surface area contributed by atoms with Gasteiger partial charge in [0.05, 0.1) is 6.54 Å². The number of ketones is 1. The summed E-state index contributed by atoms with van der Waals surface area (Å²) in [6, 6.07) is 6.98. The first kappa shape index (κ1) is 18.6. The van der Waals surface area contributed by atoms with E-state index in [1.807, 2.05) is 19.1 Å². The van der Waals surface area contributed by atoms with Gasteiger partial charge in [-0.05, 0) is 29.7 Å². The standard InChI is InChI=1S/C21H28N2O3/c1-14-7-5-6-12-21(14)18(25)23(19(26)22-21)13-17(24)15-8-10-16(11-9-15)20(2,3)4/h8-11,14H,5-7,12-13H2,1-4H3,(H,22,26). The van der Waals surface area contributed by atoms with Crippen LogP contribution in [0.3, 0.4) is 0 Å². The molecule has 26 heavy (non-hydrogen) atoms. The maximum Gasteiger partial charge on any atom is 0.325 e. The van der Waals surface area contributed by atoms with Gasteiger partial charge >= 0.3 is 6.03 Å². The van der Waals surface area contributed by atoms with E-state index in [2.05, 4.69) is 26.1 Å². The second-order valence-electron chi connectivity index (χ2n) is 8.69. The number of rotatable bonds is 3. The van der Waals surface area contributed by atoms with Crippen molar-refractivity contribution in [3.63, 3.8) is 0 Å². The minimum atomic E-state index is -0.814. The summed E-state index contributed by atoms with van der Waals surface area (Å²) in [5.41, 5.74) is 0.858. The summed E-state index contributed by atoms with van der Waals surface area (Å²) in [6.45, 7) is 8.15. The Morgan fingerprint density at radius 3 is 2.42 bits per heavy atom. The summed E-state index contributed by atoms with van der Waals surface area (Å²) < 4.78 is 0. The highest BCUT2D eigenvalue weighted by molar-refractivity contribution is 6.11. The molecule has 0 radical (unpaired) electrons. The lowest BCUT2D eigenvalue weighted by Crippen LogP contribution is -2.54. The van der Waals surface area contributed by atoms with Crippen molar-refractivity contribution in [2.75, 3.05) is 6.54 Å². The van der Waals surface area contributed by atoms with Gasteiger partial charge in [-0.25, -0.2) is 4.79 Å². The summed E-state index contributed by atoms with van der Waals surface area (Å²) in [6.07, 6.45) is 3.57. The van der Waals surface area contributed by atoms with E-state index >= 15 is 0 Å². The summed E-state index contributed by atoms with van der Waals surface area (Å²) in [4.78, 5) is 39.1. The predicted molar refractivity (Wildman–Crippen MR) is 100 cm³/mol. The van der Waals surface area contributed by atoms with E-state index in [1.165, 1.54) is 0 Å². The summed E-state index contributed by atoms with van der Waals surface area (Å²) in [5, 5.41) is 2.89. The molecule has 1 aromatic rings. The van der Waals surface area contributed by atoms with E-state index in [-0.39, 0.29) is 29.6 Å². The molecule has 3 rings (SSSR count). The summed E-state index contributed by atoms with van der Waals surface area (Å²) in [5.74, 6) is -0.359. The minimum Gasteiger partial charge on any atom is -0.323 e. The van der Waals surface area contributed by atoms with Gasteiger partial charge < -0.3 is 5.32 Å². The van der Waals surface area contributed by atoms with Crippen molar-refractivity contribution in [2.24, 2.45) is 5.92 Å². The van der Waals surface area contributed by atoms with Gasteiger partial charge in [0.25, 0.3) is 5.91 Å². The Labute approximate surface area is 155 Å². The number of Topliss-reactive ketones (excluding diaryl/α,β-unsaturated/α-hetero) is 1. The fourth-order valence-electron chi connectivity index (χ4n) is 4.03. The molecule has 0 aromatic heterocycles. The van der Waals surface area contributed by atoms with Crippen LogP contribution in [0.4, 0.5) is 4.79 Å². The number of hydrogen-bond acceptors (Lipinski definition) is 3. The lowest BCUT2D eigenvalue weighted by atomic mass is 9.73. The first-order valence-corrected chi connectivity index (χ1v) is 9.43. The number of hydrogen-bond donors (Lipinski definition) is 1. The number of benzene rings is 1. The average molecular weight is 356 g/mol. The van der Waals surface area contributed by atoms with Crippen LogP contribution in [0.1, 0.15) is 69.3 Å². The van der Waals surface area contributed by atoms with Gasteiger partial charge in [0.1, 0.15) is 5.54 Å². The highest BCUT2D eigenvalue weighted by Crippen LogP contribution is 2.38. The summed E-state index contributed by atoms with van der Waals surface area (Å²) >= 11 is 0. The van der Waals surface area contributed by atoms with Crippen LogP contribution in [0.25, 0.3) is 0 Å². The summed E-state index contributed by atoms with van der Waals surface area (Å²) in [7, 11) is 0. The first-order chi connectivity index (χ1) is 12.1. The van der Waals surface area contributed by atoms with Crippen molar-refractivity contribution in [1.82, 2.24) is 10.2 Å². The van der Waals surface area contributed by atoms with Crippen molar-refractivity contribution in [1.29, 1.82) is 0 Å². The van der Waals surface area contributed by atoms with Crippen molar-refractivity contribution in [2.45, 2.75) is 64.3 Å². The number of imide groups is 1. The molecule has 1 aliphatic carbocycles. The molecule has 5 heteroatoms. The van der Waals surface area contributed by atoms with Gasteiger partial charge in [0, 0.05) is 5.56 Å². The van der Waals surface area contributed by atoms with E-state index in [4.69, 9.17) is 0 Å². The molecule has 5 nitrogen and oxygen atoms in total. The SMILES string of the molecule is CC1CCCCC12NC(=O)N(CC(=O)c1ccc(C(C)(C)C)cc1)C2=O. The monoisotopic (exact) mass is 356 g/mol. The maximum atomic E-state index is 12.9. The van der Waals surface area contributed by atoms with Crippen LogP contribution >= 0.6 is 0 Å². The quantitative estimate of drug-likeness (QED) is 0.664. The van der Waals surface area contributed by atoms with Gasteiger partial charge in [0.15, 0.2) is 5.78 Å². The normalized spacial score (nSPS) is 26.3. The van der Waals surface area contributed by atoms with Crippen molar-refractivity contribution >= 4 is 17.7 Å². The first-order valence-electron chi connectivity index (χ1n) is 9.43. The van der Waals surface area contributed by atoms with E-state index < -0.39 is 11.6 Å². The second-order valence-corrected chi connectivity index (χ2v) is 8.69. The molecule has 1 aliphatic heterocycles. The zero-order valence-corrected chi connectivity index (χ0v) is 16.1. The zero-order chi connectivity index (χ0) is 19.1. The molecule has 140 valence electrons. The number of carbonyl (C=O) groups is 3. The fourth-order valence-corrected chi connectivity index (χ4v) is 4.03. The maximum absolute atomic E-state index is 12.9. The third-order valence-electron chi connectivity index (χ3n) is 5.88. The van der Waals surface area contributed by atoms with Crippen LogP contribution in [-0.2, 0) is 10.2 Å². The highest BCUT2D eigenvalue weighted by atomic mass is 16.2. The molecular weight excluding hydrogens is 328 g/mol. The topological polar surface area (TPSA) is 66.5 Å². The molecule has 2 aliphatic rings. The fraction of sp³-hybridized carbons (Fsp3) is 0.571. The highest BCUT2D eigenvalue weighted by Gasteiger charge is 2.55. The van der Waals surface area contributed by atoms with Crippen LogP contribution in [0.15, 0.2) is 24.3 Å². The van der Waals surface area contributed by atoms with E-state index in [0.717, 1.165) is 29.7 Å². The molecule has 0 bridgehead atoms. The van der Waals surface area contributed by atoms with Gasteiger partial charge in [-0.15, -0.1) is 0 Å². The molecule has 2 fully saturated rings. The molecule has 1 saturated carbocycles. The van der Waals surface area contributed by atoms with E-state index in [9.17, 15) is 14.4 Å². The molecule has 1 saturated heterocycles. The van der Waals surface area contributed by atoms with Crippen molar-refractivity contribution < 1.29 is 14.4 Å². The Hall–Kier alpha value is -2.17. The molecule has 1 heterocycles. The largest absolute Gasteiger partial charge is 0.325 e. The smallest absolute Gasteiger partial charge is 0.323 e. The van der Waals surface area contributed by atoms with Crippen LogP contribution in [0.2, 0.25) is 0 Å². The molecule has 1 N–H and O–H groups in total. The Bertz CT molecular complexity index is 733. The van der Waals surface area contributed by atoms with Gasteiger partial charge in [-0.2, -0.15) is 0 Å².